The summed E-state index contributed by atoms with van der Waals surface area (Å²) < 4.78 is 12.2. The number of aliphatic hydroxyl groups excluding tert-OH is 1. The Hall–Kier alpha value is -3.50. The molecular formula is C32H43N3O7. The van der Waals surface area contributed by atoms with Gasteiger partial charge in [-0.15, -0.1) is 13.2 Å². The molecule has 3 aliphatic rings. The molecule has 1 spiro atoms. The molecule has 3 aliphatic heterocycles. The Morgan fingerprint density at radius 1 is 1.24 bits per heavy atom. The monoisotopic (exact) mass is 581 g/mol. The minimum absolute atomic E-state index is 0.0264. The van der Waals surface area contributed by atoms with Gasteiger partial charge in [0.2, 0.25) is 17.7 Å². The third-order valence-corrected chi connectivity index (χ3v) is 8.47. The minimum atomic E-state index is -1.14. The SMILES string of the molecule is C=CCCC(=O)NC[C@@H](C)OC(=O)[C@@H]1[C@@H]2CC[C@]3(O2)[C@H](C(=O)N(CC=C)Cc2ccccc2)N(CCCCO)C(=O)[C@@H]13. The van der Waals surface area contributed by atoms with Gasteiger partial charge in [-0.05, 0) is 44.6 Å². The van der Waals surface area contributed by atoms with Gasteiger partial charge in [0.1, 0.15) is 17.7 Å². The summed E-state index contributed by atoms with van der Waals surface area (Å²) in [7, 11) is 0. The van der Waals surface area contributed by atoms with Gasteiger partial charge in [-0.2, -0.15) is 0 Å². The average molecular weight is 582 g/mol. The summed E-state index contributed by atoms with van der Waals surface area (Å²) in [5, 5.41) is 12.1. The van der Waals surface area contributed by atoms with Crippen molar-refractivity contribution >= 4 is 23.7 Å². The molecule has 0 aliphatic carbocycles. The molecule has 6 atom stereocenters. The molecule has 4 rings (SSSR count). The number of benzene rings is 1. The molecule has 3 fully saturated rings. The summed E-state index contributed by atoms with van der Waals surface area (Å²) in [5.74, 6) is -2.94. The average Bonchev–Trinajstić information content (AvgIpc) is 3.62. The van der Waals surface area contributed by atoms with Crippen molar-refractivity contribution in [1.29, 1.82) is 0 Å². The molecule has 3 saturated heterocycles. The molecule has 0 radical (unpaired) electrons. The molecular weight excluding hydrogens is 538 g/mol. The number of allylic oxidation sites excluding steroid dienone is 1. The molecule has 10 heteroatoms. The minimum Gasteiger partial charge on any atom is -0.460 e. The van der Waals surface area contributed by atoms with Gasteiger partial charge < -0.3 is 29.7 Å². The van der Waals surface area contributed by atoms with Crippen molar-refractivity contribution in [3.05, 3.63) is 61.2 Å². The number of carbonyl (C=O) groups excluding carboxylic acids is 4. The highest BCUT2D eigenvalue weighted by atomic mass is 16.6. The van der Waals surface area contributed by atoms with Crippen molar-refractivity contribution in [2.45, 2.75) is 75.8 Å². The number of ether oxygens (including phenoxy) is 2. The summed E-state index contributed by atoms with van der Waals surface area (Å²) in [6.07, 6.45) is 5.04. The predicted molar refractivity (Wildman–Crippen MR) is 156 cm³/mol. The van der Waals surface area contributed by atoms with Crippen LogP contribution >= 0.6 is 0 Å². The van der Waals surface area contributed by atoms with E-state index in [1.807, 2.05) is 30.3 Å². The zero-order valence-corrected chi connectivity index (χ0v) is 24.4. The first-order valence-electron chi connectivity index (χ1n) is 14.9. The van der Waals surface area contributed by atoms with Crippen LogP contribution in [0.1, 0.15) is 51.0 Å². The van der Waals surface area contributed by atoms with Gasteiger partial charge in [-0.3, -0.25) is 19.2 Å². The number of nitrogens with one attached hydrogen (secondary N) is 1. The highest BCUT2D eigenvalue weighted by Crippen LogP contribution is 2.59. The Morgan fingerprint density at radius 3 is 2.69 bits per heavy atom. The molecule has 0 aromatic heterocycles. The highest BCUT2D eigenvalue weighted by molar-refractivity contribution is 5.98. The van der Waals surface area contributed by atoms with Crippen LogP contribution in [0.3, 0.4) is 0 Å². The van der Waals surface area contributed by atoms with E-state index in [2.05, 4.69) is 18.5 Å². The van der Waals surface area contributed by atoms with E-state index in [9.17, 15) is 24.3 Å². The summed E-state index contributed by atoms with van der Waals surface area (Å²) in [5.41, 5.74) is -0.193. The van der Waals surface area contributed by atoms with Gasteiger partial charge in [0.15, 0.2) is 0 Å². The Labute approximate surface area is 247 Å². The van der Waals surface area contributed by atoms with E-state index < -0.39 is 41.7 Å². The van der Waals surface area contributed by atoms with E-state index in [-0.39, 0.29) is 44.0 Å². The van der Waals surface area contributed by atoms with Gasteiger partial charge in [-0.25, -0.2) is 0 Å². The van der Waals surface area contributed by atoms with Crippen molar-refractivity contribution in [3.8, 4) is 0 Å². The normalized spacial score (nSPS) is 26.4. The number of fused-ring (bicyclic) bond motifs is 1. The van der Waals surface area contributed by atoms with E-state index in [1.165, 1.54) is 0 Å². The van der Waals surface area contributed by atoms with E-state index in [0.29, 0.717) is 45.1 Å². The lowest BCUT2D eigenvalue weighted by Gasteiger charge is -2.37. The van der Waals surface area contributed by atoms with Crippen LogP contribution in [0.2, 0.25) is 0 Å². The van der Waals surface area contributed by atoms with Crippen molar-refractivity contribution in [1.82, 2.24) is 15.1 Å². The van der Waals surface area contributed by atoms with Gasteiger partial charge in [0.25, 0.3) is 0 Å². The molecule has 228 valence electrons. The maximum atomic E-state index is 14.3. The number of carbonyl (C=O) groups is 4. The first-order chi connectivity index (χ1) is 20.3. The Kier molecular flexibility index (Phi) is 10.6. The van der Waals surface area contributed by atoms with E-state index >= 15 is 0 Å². The number of rotatable bonds is 16. The number of amides is 3. The van der Waals surface area contributed by atoms with Gasteiger partial charge in [-0.1, -0.05) is 42.5 Å². The molecule has 3 heterocycles. The Bertz CT molecular complexity index is 1160. The number of unbranched alkanes of at least 4 members (excludes halogenated alkanes) is 1. The highest BCUT2D eigenvalue weighted by Gasteiger charge is 2.75. The number of hydrogen-bond donors (Lipinski definition) is 2. The van der Waals surface area contributed by atoms with Crippen molar-refractivity contribution in [2.24, 2.45) is 11.8 Å². The molecule has 10 nitrogen and oxygen atoms in total. The van der Waals surface area contributed by atoms with Crippen molar-refractivity contribution in [3.63, 3.8) is 0 Å². The molecule has 0 unspecified atom stereocenters. The largest absolute Gasteiger partial charge is 0.460 e. The van der Waals surface area contributed by atoms with Gasteiger partial charge in [0.05, 0.1) is 24.5 Å². The van der Waals surface area contributed by atoms with E-state index in [0.717, 1.165) is 5.56 Å². The van der Waals surface area contributed by atoms with Crippen LogP contribution in [0, 0.1) is 11.8 Å². The standard InChI is InChI=1S/C32H43N3O7/c1-4-6-14-25(37)33-20-22(3)41-31(40)26-24-15-16-32(42-24)27(26)29(38)35(18-10-11-19-36)28(32)30(39)34(17-5-2)21-23-12-8-7-9-13-23/h4-5,7-9,12-13,22,24,26-28,36H,1-2,6,10-11,14-21H2,3H3,(H,33,37)/t22-,24+,26-,27-,28+,32-/m1/s1. The van der Waals surface area contributed by atoms with Crippen LogP contribution in [-0.2, 0) is 35.2 Å². The van der Waals surface area contributed by atoms with Crippen LogP contribution in [0.15, 0.2) is 55.6 Å². The number of hydrogen-bond acceptors (Lipinski definition) is 7. The zero-order chi connectivity index (χ0) is 30.3. The number of nitrogens with zero attached hydrogens (tertiary/aromatic N) is 2. The first-order valence-corrected chi connectivity index (χ1v) is 14.9. The van der Waals surface area contributed by atoms with Crippen LogP contribution in [-0.4, -0.2) is 88.7 Å². The quantitative estimate of drug-likeness (QED) is 0.174. The molecule has 3 amide bonds. The lowest BCUT2D eigenvalue weighted by molar-refractivity contribution is -0.159. The summed E-state index contributed by atoms with van der Waals surface area (Å²) in [6.45, 7) is 10.2. The summed E-state index contributed by atoms with van der Waals surface area (Å²) in [4.78, 5) is 57.1. The Morgan fingerprint density at radius 2 is 2.00 bits per heavy atom. The predicted octanol–water partition coefficient (Wildman–Crippen LogP) is 2.36. The van der Waals surface area contributed by atoms with Crippen molar-refractivity contribution in [2.75, 3.05) is 26.2 Å². The fraction of sp³-hybridized carbons (Fsp3) is 0.562. The molecule has 1 aromatic rings. The fourth-order valence-corrected chi connectivity index (χ4v) is 6.60. The molecule has 1 aromatic carbocycles. The van der Waals surface area contributed by atoms with Crippen LogP contribution in [0.4, 0.5) is 0 Å². The second-order valence-electron chi connectivity index (χ2n) is 11.4. The topological polar surface area (TPSA) is 125 Å². The zero-order valence-electron chi connectivity index (χ0n) is 24.4. The maximum absolute atomic E-state index is 14.3. The number of aliphatic hydroxyl groups is 1. The third-order valence-electron chi connectivity index (χ3n) is 8.47. The molecule has 0 saturated carbocycles. The van der Waals surface area contributed by atoms with E-state index in [4.69, 9.17) is 9.47 Å². The van der Waals surface area contributed by atoms with Crippen LogP contribution in [0.5, 0.6) is 0 Å². The summed E-state index contributed by atoms with van der Waals surface area (Å²) in [6, 6.07) is 8.71. The molecule has 42 heavy (non-hydrogen) atoms. The number of likely N-dealkylation sites (tertiary alicyclic amines) is 1. The number of esters is 1. The second kappa shape index (κ2) is 14.1. The lowest BCUT2D eigenvalue weighted by Crippen LogP contribution is -2.56. The van der Waals surface area contributed by atoms with E-state index in [1.54, 1.807) is 28.9 Å². The first kappa shape index (κ1) is 31.4. The lowest BCUT2D eigenvalue weighted by atomic mass is 9.70. The van der Waals surface area contributed by atoms with Gasteiger partial charge in [0, 0.05) is 32.7 Å². The maximum Gasteiger partial charge on any atom is 0.312 e. The third kappa shape index (κ3) is 6.44. The molecule has 2 N–H and O–H groups in total. The smallest absolute Gasteiger partial charge is 0.312 e. The fourth-order valence-electron chi connectivity index (χ4n) is 6.60. The van der Waals surface area contributed by atoms with Crippen LogP contribution < -0.4 is 5.32 Å². The second-order valence-corrected chi connectivity index (χ2v) is 11.4. The van der Waals surface area contributed by atoms with Crippen LogP contribution in [0.25, 0.3) is 0 Å². The summed E-state index contributed by atoms with van der Waals surface area (Å²) >= 11 is 0. The Balaban J connectivity index is 1.56. The van der Waals surface area contributed by atoms with Crippen molar-refractivity contribution < 1.29 is 33.8 Å². The van der Waals surface area contributed by atoms with Gasteiger partial charge >= 0.3 is 5.97 Å². The molecule has 2 bridgehead atoms.